The van der Waals surface area contributed by atoms with Gasteiger partial charge in [0.1, 0.15) is 5.82 Å². The van der Waals surface area contributed by atoms with Gasteiger partial charge in [-0.2, -0.15) is 0 Å². The Morgan fingerprint density at radius 3 is 2.95 bits per heavy atom. The summed E-state index contributed by atoms with van der Waals surface area (Å²) in [6, 6.07) is 3.58. The van der Waals surface area contributed by atoms with Crippen molar-refractivity contribution in [3.8, 4) is 0 Å². The van der Waals surface area contributed by atoms with Gasteiger partial charge in [-0.05, 0) is 45.7 Å². The van der Waals surface area contributed by atoms with Crippen LogP contribution in [0.3, 0.4) is 0 Å². The minimum absolute atomic E-state index is 0.0328. The van der Waals surface area contributed by atoms with Crippen LogP contribution in [0.2, 0.25) is 0 Å². The maximum absolute atomic E-state index is 12.6. The van der Waals surface area contributed by atoms with Crippen LogP contribution >= 0.6 is 0 Å². The van der Waals surface area contributed by atoms with Crippen LogP contribution < -0.4 is 5.32 Å². The fraction of sp³-hybridized carbons (Fsp3) is 0.600. The number of likely N-dealkylation sites (tertiary alicyclic amines) is 1. The molecule has 0 aromatic carbocycles. The van der Waals surface area contributed by atoms with Crippen LogP contribution in [0.25, 0.3) is 0 Å². The highest BCUT2D eigenvalue weighted by atomic mass is 16.3. The van der Waals surface area contributed by atoms with Crippen LogP contribution in [0.4, 0.5) is 5.82 Å². The molecule has 2 N–H and O–H groups in total. The van der Waals surface area contributed by atoms with E-state index in [1.165, 1.54) is 0 Å². The SMILES string of the molecule is CCNc1cc(C(=O)N2CCCC(C)(O)C2)cc(C)n1. The lowest BCUT2D eigenvalue weighted by Crippen LogP contribution is -2.48. The summed E-state index contributed by atoms with van der Waals surface area (Å²) in [7, 11) is 0. The molecule has 1 aromatic rings. The fourth-order valence-electron chi connectivity index (χ4n) is 2.64. The standard InChI is InChI=1S/C15H23N3O2/c1-4-16-13-9-12(8-11(2)17-13)14(19)18-7-5-6-15(3,20)10-18/h8-9,20H,4-7,10H2,1-3H3,(H,16,17). The first-order valence-electron chi connectivity index (χ1n) is 7.15. The van der Waals surface area contributed by atoms with E-state index in [0.29, 0.717) is 18.7 Å². The number of piperidine rings is 1. The van der Waals surface area contributed by atoms with Crippen molar-refractivity contribution in [1.29, 1.82) is 0 Å². The molecule has 2 rings (SSSR count). The zero-order valence-corrected chi connectivity index (χ0v) is 12.4. The quantitative estimate of drug-likeness (QED) is 0.884. The van der Waals surface area contributed by atoms with Gasteiger partial charge in [0.05, 0.1) is 5.60 Å². The fourth-order valence-corrected chi connectivity index (χ4v) is 2.64. The second-order valence-electron chi connectivity index (χ2n) is 5.74. The number of aryl methyl sites for hydroxylation is 1. The van der Waals surface area contributed by atoms with Gasteiger partial charge in [-0.15, -0.1) is 0 Å². The van der Waals surface area contributed by atoms with Gasteiger partial charge in [0, 0.05) is 30.9 Å². The summed E-state index contributed by atoms with van der Waals surface area (Å²) in [5.41, 5.74) is 0.669. The van der Waals surface area contributed by atoms with E-state index < -0.39 is 5.60 Å². The second-order valence-corrected chi connectivity index (χ2v) is 5.74. The zero-order chi connectivity index (χ0) is 14.8. The molecule has 0 bridgehead atoms. The predicted molar refractivity (Wildman–Crippen MR) is 78.9 cm³/mol. The molecule has 1 fully saturated rings. The normalized spacial score (nSPS) is 22.7. The smallest absolute Gasteiger partial charge is 0.254 e. The van der Waals surface area contributed by atoms with Gasteiger partial charge in [-0.25, -0.2) is 4.98 Å². The summed E-state index contributed by atoms with van der Waals surface area (Å²) < 4.78 is 0. The van der Waals surface area contributed by atoms with Crippen molar-refractivity contribution in [2.24, 2.45) is 0 Å². The summed E-state index contributed by atoms with van der Waals surface area (Å²) in [6.07, 6.45) is 1.58. The number of aliphatic hydroxyl groups is 1. The number of amides is 1. The molecule has 1 aliphatic rings. The lowest BCUT2D eigenvalue weighted by atomic mass is 9.94. The Morgan fingerprint density at radius 1 is 1.55 bits per heavy atom. The van der Waals surface area contributed by atoms with Crippen molar-refractivity contribution in [2.75, 3.05) is 25.0 Å². The van der Waals surface area contributed by atoms with Crippen molar-refractivity contribution >= 4 is 11.7 Å². The van der Waals surface area contributed by atoms with E-state index in [-0.39, 0.29) is 5.91 Å². The van der Waals surface area contributed by atoms with Gasteiger partial charge in [0.2, 0.25) is 0 Å². The Bertz CT molecular complexity index is 500. The number of nitrogens with one attached hydrogen (secondary N) is 1. The van der Waals surface area contributed by atoms with Gasteiger partial charge < -0.3 is 15.3 Å². The van der Waals surface area contributed by atoms with Crippen molar-refractivity contribution in [1.82, 2.24) is 9.88 Å². The highest BCUT2D eigenvalue weighted by Crippen LogP contribution is 2.22. The third-order valence-corrected chi connectivity index (χ3v) is 3.52. The molecule has 0 spiro atoms. The highest BCUT2D eigenvalue weighted by molar-refractivity contribution is 5.95. The topological polar surface area (TPSA) is 65.5 Å². The first kappa shape index (κ1) is 14.8. The first-order valence-corrected chi connectivity index (χ1v) is 7.15. The molecule has 1 aliphatic heterocycles. The molecule has 0 radical (unpaired) electrons. The Labute approximate surface area is 120 Å². The molecule has 1 atom stereocenters. The molecule has 110 valence electrons. The van der Waals surface area contributed by atoms with E-state index in [2.05, 4.69) is 10.3 Å². The van der Waals surface area contributed by atoms with Crippen LogP contribution in [-0.4, -0.2) is 46.1 Å². The van der Waals surface area contributed by atoms with Gasteiger partial charge >= 0.3 is 0 Å². The average molecular weight is 277 g/mol. The van der Waals surface area contributed by atoms with E-state index in [1.54, 1.807) is 24.0 Å². The highest BCUT2D eigenvalue weighted by Gasteiger charge is 2.31. The number of β-amino-alcohol motifs (C(OH)–C–C–N with tert-alkyl or cyclic N) is 1. The third kappa shape index (κ3) is 3.48. The summed E-state index contributed by atoms with van der Waals surface area (Å²) >= 11 is 0. The van der Waals surface area contributed by atoms with E-state index in [4.69, 9.17) is 0 Å². The molecule has 1 saturated heterocycles. The summed E-state index contributed by atoms with van der Waals surface area (Å²) in [4.78, 5) is 18.6. The molecular formula is C15H23N3O2. The molecule has 1 amide bonds. The van der Waals surface area contributed by atoms with Crippen molar-refractivity contribution < 1.29 is 9.90 Å². The number of rotatable bonds is 3. The van der Waals surface area contributed by atoms with E-state index in [1.807, 2.05) is 13.8 Å². The van der Waals surface area contributed by atoms with E-state index in [0.717, 1.165) is 30.9 Å². The van der Waals surface area contributed by atoms with Crippen LogP contribution in [0.5, 0.6) is 0 Å². The largest absolute Gasteiger partial charge is 0.388 e. The van der Waals surface area contributed by atoms with Gasteiger partial charge in [0.25, 0.3) is 5.91 Å². The molecule has 0 saturated carbocycles. The van der Waals surface area contributed by atoms with Crippen LogP contribution in [0, 0.1) is 6.92 Å². The summed E-state index contributed by atoms with van der Waals surface area (Å²) in [5, 5.41) is 13.2. The molecule has 0 aliphatic carbocycles. The number of hydrogen-bond donors (Lipinski definition) is 2. The van der Waals surface area contributed by atoms with Crippen molar-refractivity contribution in [2.45, 2.75) is 39.2 Å². The Morgan fingerprint density at radius 2 is 2.30 bits per heavy atom. The van der Waals surface area contributed by atoms with E-state index >= 15 is 0 Å². The number of aromatic nitrogens is 1. The molecule has 2 heterocycles. The van der Waals surface area contributed by atoms with Crippen molar-refractivity contribution in [3.05, 3.63) is 23.4 Å². The number of nitrogens with zero attached hydrogens (tertiary/aromatic N) is 2. The van der Waals surface area contributed by atoms with Crippen LogP contribution in [0.15, 0.2) is 12.1 Å². The number of anilines is 1. The van der Waals surface area contributed by atoms with Crippen molar-refractivity contribution in [3.63, 3.8) is 0 Å². The van der Waals surface area contributed by atoms with Crippen LogP contribution in [-0.2, 0) is 0 Å². The molecule has 5 heteroatoms. The average Bonchev–Trinajstić information content (AvgIpc) is 2.36. The Kier molecular flexibility index (Phi) is 4.28. The predicted octanol–water partition coefficient (Wildman–Crippen LogP) is 1.81. The molecular weight excluding hydrogens is 254 g/mol. The molecule has 20 heavy (non-hydrogen) atoms. The molecule has 1 unspecified atom stereocenters. The minimum atomic E-state index is -0.777. The summed E-state index contributed by atoms with van der Waals surface area (Å²) in [6.45, 7) is 7.52. The number of carbonyl (C=O) groups is 1. The number of carbonyl (C=O) groups excluding carboxylic acids is 1. The maximum Gasteiger partial charge on any atom is 0.254 e. The first-order chi connectivity index (χ1) is 9.41. The van der Waals surface area contributed by atoms with Gasteiger partial charge in [-0.3, -0.25) is 4.79 Å². The third-order valence-electron chi connectivity index (χ3n) is 3.52. The molecule has 5 nitrogen and oxygen atoms in total. The second kappa shape index (κ2) is 5.79. The Hall–Kier alpha value is -1.62. The van der Waals surface area contributed by atoms with Gasteiger partial charge in [0.15, 0.2) is 0 Å². The monoisotopic (exact) mass is 277 g/mol. The van der Waals surface area contributed by atoms with Gasteiger partial charge in [-0.1, -0.05) is 0 Å². The zero-order valence-electron chi connectivity index (χ0n) is 12.4. The Balaban J connectivity index is 2.20. The minimum Gasteiger partial charge on any atom is -0.388 e. The number of hydrogen-bond acceptors (Lipinski definition) is 4. The molecule has 1 aromatic heterocycles. The number of pyridine rings is 1. The van der Waals surface area contributed by atoms with E-state index in [9.17, 15) is 9.90 Å². The lowest BCUT2D eigenvalue weighted by Gasteiger charge is -2.36. The van der Waals surface area contributed by atoms with Crippen LogP contribution in [0.1, 0.15) is 42.7 Å². The summed E-state index contributed by atoms with van der Waals surface area (Å²) in [5.74, 6) is 0.689. The lowest BCUT2D eigenvalue weighted by molar-refractivity contribution is -0.0107. The maximum atomic E-state index is 12.6.